The fourth-order valence-electron chi connectivity index (χ4n) is 1.83. The van der Waals surface area contributed by atoms with Crippen molar-refractivity contribution in [3.63, 3.8) is 0 Å². The van der Waals surface area contributed by atoms with Gasteiger partial charge in [-0.15, -0.1) is 0 Å². The van der Waals surface area contributed by atoms with Crippen molar-refractivity contribution in [2.45, 2.75) is 19.9 Å². The number of hydrogen-bond donors (Lipinski definition) is 1. The molecule has 0 fully saturated rings. The highest BCUT2D eigenvalue weighted by atomic mass is 35.5. The molecule has 0 bridgehead atoms. The van der Waals surface area contributed by atoms with Gasteiger partial charge in [-0.25, -0.2) is 0 Å². The number of halogens is 1. The molecule has 86 valence electrons. The quantitative estimate of drug-likeness (QED) is 0.873. The van der Waals surface area contributed by atoms with Gasteiger partial charge >= 0.3 is 0 Å². The molecule has 0 aliphatic carbocycles. The van der Waals surface area contributed by atoms with Crippen molar-refractivity contribution in [3.05, 3.63) is 28.9 Å². The Balaban J connectivity index is 2.66. The molecule has 0 aliphatic rings. The van der Waals surface area contributed by atoms with Crippen molar-refractivity contribution in [1.82, 2.24) is 9.78 Å². The Morgan fingerprint density at radius 1 is 1.38 bits per heavy atom. The molecule has 1 aromatic carbocycles. The maximum absolute atomic E-state index is 6.15. The van der Waals surface area contributed by atoms with Crippen LogP contribution in [0.1, 0.15) is 25.6 Å². The van der Waals surface area contributed by atoms with Crippen LogP contribution in [-0.4, -0.2) is 9.78 Å². The molecule has 0 saturated heterocycles. The predicted molar refractivity (Wildman–Crippen MR) is 67.5 cm³/mol. The molecule has 4 heteroatoms. The SMILES string of the molecule is CC(C)C(N)c1nn(C)c2ccc(Cl)cc12. The first-order chi connectivity index (χ1) is 7.50. The van der Waals surface area contributed by atoms with E-state index in [1.807, 2.05) is 29.9 Å². The summed E-state index contributed by atoms with van der Waals surface area (Å²) in [7, 11) is 1.92. The van der Waals surface area contributed by atoms with Gasteiger partial charge in [0.15, 0.2) is 0 Å². The summed E-state index contributed by atoms with van der Waals surface area (Å²) in [6, 6.07) is 5.72. The Hall–Kier alpha value is -1.06. The van der Waals surface area contributed by atoms with Crippen LogP contribution in [0.25, 0.3) is 10.9 Å². The van der Waals surface area contributed by atoms with Crippen LogP contribution in [0.3, 0.4) is 0 Å². The lowest BCUT2D eigenvalue weighted by Crippen LogP contribution is -2.17. The highest BCUT2D eigenvalue weighted by Crippen LogP contribution is 2.28. The lowest BCUT2D eigenvalue weighted by molar-refractivity contribution is 0.499. The molecule has 1 aromatic heterocycles. The number of hydrogen-bond acceptors (Lipinski definition) is 2. The van der Waals surface area contributed by atoms with E-state index in [1.165, 1.54) is 0 Å². The maximum atomic E-state index is 6.15. The molecular formula is C12H16ClN3. The van der Waals surface area contributed by atoms with Crippen molar-refractivity contribution in [2.75, 3.05) is 0 Å². The molecule has 3 nitrogen and oxygen atoms in total. The lowest BCUT2D eigenvalue weighted by Gasteiger charge is -2.13. The number of rotatable bonds is 2. The second-order valence-electron chi connectivity index (χ2n) is 4.44. The van der Waals surface area contributed by atoms with Gasteiger partial charge in [-0.1, -0.05) is 25.4 Å². The van der Waals surface area contributed by atoms with Crippen LogP contribution < -0.4 is 5.73 Å². The summed E-state index contributed by atoms with van der Waals surface area (Å²) in [6.45, 7) is 4.19. The largest absolute Gasteiger partial charge is 0.322 e. The Kier molecular flexibility index (Phi) is 2.91. The molecule has 1 heterocycles. The zero-order valence-corrected chi connectivity index (χ0v) is 10.5. The molecule has 2 aromatic rings. The maximum Gasteiger partial charge on any atom is 0.0873 e. The fraction of sp³-hybridized carbons (Fsp3) is 0.417. The Bertz CT molecular complexity index is 516. The standard InChI is InChI=1S/C12H16ClN3/c1-7(2)11(14)12-9-6-8(13)4-5-10(9)16(3)15-12/h4-7,11H,14H2,1-3H3. The summed E-state index contributed by atoms with van der Waals surface area (Å²) in [5.74, 6) is 0.358. The predicted octanol–water partition coefficient (Wildman–Crippen LogP) is 2.88. The summed E-state index contributed by atoms with van der Waals surface area (Å²) in [5.41, 5.74) is 8.14. The summed E-state index contributed by atoms with van der Waals surface area (Å²) >= 11 is 6.01. The Morgan fingerprint density at radius 2 is 2.06 bits per heavy atom. The van der Waals surface area contributed by atoms with Crippen LogP contribution in [-0.2, 0) is 7.05 Å². The minimum Gasteiger partial charge on any atom is -0.322 e. The first-order valence-corrected chi connectivity index (χ1v) is 5.76. The zero-order chi connectivity index (χ0) is 11.9. The monoisotopic (exact) mass is 237 g/mol. The summed E-state index contributed by atoms with van der Waals surface area (Å²) < 4.78 is 1.85. The molecule has 1 unspecified atom stereocenters. The van der Waals surface area contributed by atoms with E-state index in [4.69, 9.17) is 17.3 Å². The van der Waals surface area contributed by atoms with Gasteiger partial charge < -0.3 is 5.73 Å². The van der Waals surface area contributed by atoms with Crippen LogP contribution >= 0.6 is 11.6 Å². The minimum absolute atomic E-state index is 0.0535. The van der Waals surface area contributed by atoms with Crippen molar-refractivity contribution in [1.29, 1.82) is 0 Å². The zero-order valence-electron chi connectivity index (χ0n) is 9.74. The average molecular weight is 238 g/mol. The van der Waals surface area contributed by atoms with Crippen LogP contribution in [0, 0.1) is 5.92 Å². The molecule has 2 N–H and O–H groups in total. The van der Waals surface area contributed by atoms with Gasteiger partial charge in [0.05, 0.1) is 17.3 Å². The summed E-state index contributed by atoms with van der Waals surface area (Å²) in [5, 5.41) is 6.26. The van der Waals surface area contributed by atoms with E-state index >= 15 is 0 Å². The molecule has 0 radical (unpaired) electrons. The molecule has 2 rings (SSSR count). The van der Waals surface area contributed by atoms with Gasteiger partial charge in [0, 0.05) is 17.5 Å². The van der Waals surface area contributed by atoms with Gasteiger partial charge in [0.1, 0.15) is 0 Å². The van der Waals surface area contributed by atoms with Crippen molar-refractivity contribution in [2.24, 2.45) is 18.7 Å². The molecule has 0 aliphatic heterocycles. The van der Waals surface area contributed by atoms with Gasteiger partial charge in [0.25, 0.3) is 0 Å². The lowest BCUT2D eigenvalue weighted by atomic mass is 9.99. The number of benzene rings is 1. The second kappa shape index (κ2) is 4.07. The fourth-order valence-corrected chi connectivity index (χ4v) is 2.00. The highest BCUT2D eigenvalue weighted by Gasteiger charge is 2.18. The normalized spacial score (nSPS) is 13.6. The molecule has 0 spiro atoms. The van der Waals surface area contributed by atoms with Crippen LogP contribution in [0.4, 0.5) is 0 Å². The first kappa shape index (κ1) is 11.4. The number of aromatic nitrogens is 2. The highest BCUT2D eigenvalue weighted by molar-refractivity contribution is 6.31. The number of aryl methyl sites for hydroxylation is 1. The van der Waals surface area contributed by atoms with Gasteiger partial charge in [0.2, 0.25) is 0 Å². The molecule has 16 heavy (non-hydrogen) atoms. The van der Waals surface area contributed by atoms with E-state index in [0.717, 1.165) is 21.6 Å². The first-order valence-electron chi connectivity index (χ1n) is 5.38. The van der Waals surface area contributed by atoms with Crippen LogP contribution in [0.5, 0.6) is 0 Å². The van der Waals surface area contributed by atoms with Crippen molar-refractivity contribution in [3.8, 4) is 0 Å². The third-order valence-electron chi connectivity index (χ3n) is 2.87. The van der Waals surface area contributed by atoms with E-state index in [9.17, 15) is 0 Å². The molecule has 0 saturated carbocycles. The third-order valence-corrected chi connectivity index (χ3v) is 3.11. The summed E-state index contributed by atoms with van der Waals surface area (Å²) in [6.07, 6.45) is 0. The number of fused-ring (bicyclic) bond motifs is 1. The van der Waals surface area contributed by atoms with Gasteiger partial charge in [-0.05, 0) is 24.1 Å². The molecule has 0 amide bonds. The Morgan fingerprint density at radius 3 is 2.69 bits per heavy atom. The minimum atomic E-state index is -0.0535. The van der Waals surface area contributed by atoms with Crippen LogP contribution in [0.15, 0.2) is 18.2 Å². The summed E-state index contributed by atoms with van der Waals surface area (Å²) in [4.78, 5) is 0. The van der Waals surface area contributed by atoms with E-state index in [1.54, 1.807) is 0 Å². The Labute approximate surface area is 100 Å². The van der Waals surface area contributed by atoms with Gasteiger partial charge in [-0.2, -0.15) is 5.10 Å². The molecule has 1 atom stereocenters. The topological polar surface area (TPSA) is 43.8 Å². The molecular weight excluding hydrogens is 222 g/mol. The van der Waals surface area contributed by atoms with Crippen LogP contribution in [0.2, 0.25) is 5.02 Å². The number of nitrogens with two attached hydrogens (primary N) is 1. The van der Waals surface area contributed by atoms with Crippen molar-refractivity contribution < 1.29 is 0 Å². The van der Waals surface area contributed by atoms with E-state index in [-0.39, 0.29) is 6.04 Å². The van der Waals surface area contributed by atoms with Gasteiger partial charge in [-0.3, -0.25) is 4.68 Å². The van der Waals surface area contributed by atoms with E-state index in [0.29, 0.717) is 5.92 Å². The third kappa shape index (κ3) is 1.81. The van der Waals surface area contributed by atoms with Crippen molar-refractivity contribution >= 4 is 22.5 Å². The number of nitrogens with zero attached hydrogens (tertiary/aromatic N) is 2. The second-order valence-corrected chi connectivity index (χ2v) is 4.88. The van der Waals surface area contributed by atoms with E-state index in [2.05, 4.69) is 18.9 Å². The average Bonchev–Trinajstić information content (AvgIpc) is 2.54. The smallest absolute Gasteiger partial charge is 0.0873 e. The van der Waals surface area contributed by atoms with E-state index < -0.39 is 0 Å².